The van der Waals surface area contributed by atoms with Gasteiger partial charge in [0.25, 0.3) is 5.91 Å². The average Bonchev–Trinajstić information content (AvgIpc) is 2.46. The van der Waals surface area contributed by atoms with E-state index in [-0.39, 0.29) is 11.6 Å². The molecule has 0 aliphatic heterocycles. The Morgan fingerprint density at radius 2 is 1.90 bits per heavy atom. The molecule has 0 radical (unpaired) electrons. The molecule has 104 valence electrons. The van der Waals surface area contributed by atoms with Gasteiger partial charge in [-0.25, -0.2) is 4.39 Å². The highest BCUT2D eigenvalue weighted by Gasteiger charge is 2.16. The van der Waals surface area contributed by atoms with Gasteiger partial charge >= 0.3 is 0 Å². The number of carbonyl (C=O) groups excluding carboxylic acids is 1. The lowest BCUT2D eigenvalue weighted by molar-refractivity contribution is 0.0992. The molecule has 3 nitrogen and oxygen atoms in total. The van der Waals surface area contributed by atoms with Gasteiger partial charge in [-0.15, -0.1) is 0 Å². The number of hydrogen-bond acceptors (Lipinski definition) is 2. The van der Waals surface area contributed by atoms with Crippen molar-refractivity contribution in [1.82, 2.24) is 0 Å². The maximum atomic E-state index is 13.7. The second-order valence-corrected chi connectivity index (χ2v) is 4.60. The number of amides is 1. The lowest BCUT2D eigenvalue weighted by atomic mass is 10.1. The summed E-state index contributed by atoms with van der Waals surface area (Å²) >= 11 is 0. The van der Waals surface area contributed by atoms with E-state index < -0.39 is 5.82 Å². The van der Waals surface area contributed by atoms with Crippen LogP contribution in [0.25, 0.3) is 0 Å². The molecule has 2 aromatic carbocycles. The second kappa shape index (κ2) is 5.74. The molecule has 0 fully saturated rings. The number of carbonyl (C=O) groups is 1. The highest BCUT2D eigenvalue weighted by Crippen LogP contribution is 2.21. The summed E-state index contributed by atoms with van der Waals surface area (Å²) in [6, 6.07) is 11.6. The molecule has 20 heavy (non-hydrogen) atoms. The number of nitrogens with one attached hydrogen (secondary N) is 1. The van der Waals surface area contributed by atoms with Gasteiger partial charge in [-0.05, 0) is 42.8 Å². The van der Waals surface area contributed by atoms with E-state index in [9.17, 15) is 9.18 Å². The Morgan fingerprint density at radius 1 is 1.20 bits per heavy atom. The van der Waals surface area contributed by atoms with Gasteiger partial charge in [-0.3, -0.25) is 4.79 Å². The number of hydrogen-bond donors (Lipinski definition) is 1. The number of rotatable bonds is 3. The molecule has 0 spiro atoms. The monoisotopic (exact) mass is 272 g/mol. The molecule has 0 unspecified atom stereocenters. The molecule has 1 N–H and O–H groups in total. The van der Waals surface area contributed by atoms with E-state index in [1.165, 1.54) is 11.0 Å². The number of halogens is 1. The van der Waals surface area contributed by atoms with Gasteiger partial charge in [-0.1, -0.05) is 12.1 Å². The van der Waals surface area contributed by atoms with E-state index in [1.54, 1.807) is 37.4 Å². The van der Waals surface area contributed by atoms with Crippen LogP contribution in [0.15, 0.2) is 42.5 Å². The molecule has 0 aliphatic rings. The van der Waals surface area contributed by atoms with E-state index in [0.717, 1.165) is 11.3 Å². The first-order chi connectivity index (χ1) is 9.54. The molecule has 0 atom stereocenters. The summed E-state index contributed by atoms with van der Waals surface area (Å²) in [6.07, 6.45) is 0. The second-order valence-electron chi connectivity index (χ2n) is 4.60. The van der Waals surface area contributed by atoms with Crippen LogP contribution in [0, 0.1) is 12.7 Å². The lowest BCUT2D eigenvalue weighted by Crippen LogP contribution is -2.27. The van der Waals surface area contributed by atoms with Crippen LogP contribution < -0.4 is 10.2 Å². The van der Waals surface area contributed by atoms with Crippen LogP contribution in [0.2, 0.25) is 0 Å². The number of para-hydroxylation sites is 1. The maximum Gasteiger partial charge on any atom is 0.258 e. The molecular weight excluding hydrogens is 255 g/mol. The number of aryl methyl sites for hydroxylation is 1. The predicted molar refractivity (Wildman–Crippen MR) is 79.9 cm³/mol. The first kappa shape index (κ1) is 14.1. The third-order valence-electron chi connectivity index (χ3n) is 3.26. The molecule has 0 saturated carbocycles. The SMILES string of the molecule is CNc1ccc(C(=O)N(C)c2ccccc2F)cc1C. The van der Waals surface area contributed by atoms with Gasteiger partial charge < -0.3 is 10.2 Å². The molecule has 2 aromatic rings. The normalized spacial score (nSPS) is 10.2. The fourth-order valence-electron chi connectivity index (χ4n) is 2.10. The van der Waals surface area contributed by atoms with E-state index in [1.807, 2.05) is 20.0 Å². The standard InChI is InChI=1S/C16H17FN2O/c1-11-10-12(8-9-14(11)18-2)16(20)19(3)15-7-5-4-6-13(15)17/h4-10,18H,1-3H3. The summed E-state index contributed by atoms with van der Waals surface area (Å²) < 4.78 is 13.7. The summed E-state index contributed by atoms with van der Waals surface area (Å²) in [7, 11) is 3.40. The first-order valence-corrected chi connectivity index (χ1v) is 6.35. The molecule has 0 bridgehead atoms. The van der Waals surface area contributed by atoms with Crippen molar-refractivity contribution in [3.05, 3.63) is 59.4 Å². The predicted octanol–water partition coefficient (Wildman–Crippen LogP) is 3.45. The van der Waals surface area contributed by atoms with Crippen molar-refractivity contribution in [2.75, 3.05) is 24.3 Å². The van der Waals surface area contributed by atoms with Crippen molar-refractivity contribution >= 4 is 17.3 Å². The molecule has 0 aromatic heterocycles. The van der Waals surface area contributed by atoms with Gasteiger partial charge in [0.2, 0.25) is 0 Å². The summed E-state index contributed by atoms with van der Waals surface area (Å²) in [5, 5.41) is 3.05. The van der Waals surface area contributed by atoms with Gasteiger partial charge in [0.05, 0.1) is 5.69 Å². The van der Waals surface area contributed by atoms with Crippen LogP contribution in [0.4, 0.5) is 15.8 Å². The Labute approximate surface area is 118 Å². The van der Waals surface area contributed by atoms with Gasteiger partial charge in [0.1, 0.15) is 5.82 Å². The molecular formula is C16H17FN2O. The van der Waals surface area contributed by atoms with E-state index in [2.05, 4.69) is 5.32 Å². The van der Waals surface area contributed by atoms with Gasteiger partial charge in [-0.2, -0.15) is 0 Å². The average molecular weight is 272 g/mol. The Bertz CT molecular complexity index is 640. The Hall–Kier alpha value is -2.36. The lowest BCUT2D eigenvalue weighted by Gasteiger charge is -2.18. The molecule has 2 rings (SSSR count). The first-order valence-electron chi connectivity index (χ1n) is 6.35. The topological polar surface area (TPSA) is 32.3 Å². The summed E-state index contributed by atoms with van der Waals surface area (Å²) in [4.78, 5) is 13.7. The van der Waals surface area contributed by atoms with Crippen LogP contribution >= 0.6 is 0 Å². The summed E-state index contributed by atoms with van der Waals surface area (Å²) in [6.45, 7) is 1.92. The zero-order chi connectivity index (χ0) is 14.7. The Kier molecular flexibility index (Phi) is 4.03. The van der Waals surface area contributed by atoms with E-state index in [4.69, 9.17) is 0 Å². The highest BCUT2D eigenvalue weighted by atomic mass is 19.1. The molecule has 0 aliphatic carbocycles. The Morgan fingerprint density at radius 3 is 2.50 bits per heavy atom. The number of nitrogens with zero attached hydrogens (tertiary/aromatic N) is 1. The van der Waals surface area contributed by atoms with Crippen molar-refractivity contribution < 1.29 is 9.18 Å². The number of benzene rings is 2. The van der Waals surface area contributed by atoms with Crippen LogP contribution in [0.3, 0.4) is 0 Å². The van der Waals surface area contributed by atoms with Crippen LogP contribution in [0.5, 0.6) is 0 Å². The zero-order valence-electron chi connectivity index (χ0n) is 11.8. The van der Waals surface area contributed by atoms with Crippen molar-refractivity contribution in [3.8, 4) is 0 Å². The fourth-order valence-corrected chi connectivity index (χ4v) is 2.10. The smallest absolute Gasteiger partial charge is 0.258 e. The fraction of sp³-hybridized carbons (Fsp3) is 0.188. The quantitative estimate of drug-likeness (QED) is 0.928. The zero-order valence-corrected chi connectivity index (χ0v) is 11.8. The molecule has 4 heteroatoms. The van der Waals surface area contributed by atoms with Gasteiger partial charge in [0, 0.05) is 25.3 Å². The van der Waals surface area contributed by atoms with Crippen LogP contribution in [-0.2, 0) is 0 Å². The number of anilines is 2. The minimum atomic E-state index is -0.410. The van der Waals surface area contributed by atoms with Crippen LogP contribution in [0.1, 0.15) is 15.9 Å². The van der Waals surface area contributed by atoms with E-state index in [0.29, 0.717) is 5.56 Å². The van der Waals surface area contributed by atoms with Crippen molar-refractivity contribution in [1.29, 1.82) is 0 Å². The third kappa shape index (κ3) is 2.64. The minimum absolute atomic E-state index is 0.235. The molecule has 1 amide bonds. The van der Waals surface area contributed by atoms with Crippen molar-refractivity contribution in [3.63, 3.8) is 0 Å². The molecule has 0 heterocycles. The summed E-state index contributed by atoms with van der Waals surface area (Å²) in [5.74, 6) is -0.646. The minimum Gasteiger partial charge on any atom is -0.388 e. The Balaban J connectivity index is 2.32. The van der Waals surface area contributed by atoms with Crippen molar-refractivity contribution in [2.24, 2.45) is 0 Å². The van der Waals surface area contributed by atoms with Crippen molar-refractivity contribution in [2.45, 2.75) is 6.92 Å². The maximum absolute atomic E-state index is 13.7. The highest BCUT2D eigenvalue weighted by molar-refractivity contribution is 6.06. The largest absolute Gasteiger partial charge is 0.388 e. The molecule has 0 saturated heterocycles. The summed E-state index contributed by atoms with van der Waals surface area (Å²) in [5.41, 5.74) is 2.75. The van der Waals surface area contributed by atoms with Gasteiger partial charge in [0.15, 0.2) is 0 Å². The third-order valence-corrected chi connectivity index (χ3v) is 3.26. The van der Waals surface area contributed by atoms with E-state index >= 15 is 0 Å². The van der Waals surface area contributed by atoms with Crippen LogP contribution in [-0.4, -0.2) is 20.0 Å².